The van der Waals surface area contributed by atoms with Gasteiger partial charge in [0.2, 0.25) is 0 Å². The number of fused-ring (bicyclic) bond motifs is 1. The van der Waals surface area contributed by atoms with Gasteiger partial charge < -0.3 is 9.64 Å². The Morgan fingerprint density at radius 3 is 2.69 bits per heavy atom. The number of likely N-dealkylation sites (tertiary alicyclic amines) is 1. The number of hydrogen-bond acceptors (Lipinski definition) is 3. The number of hydrogen-bond donors (Lipinski definition) is 0. The van der Waals surface area contributed by atoms with Gasteiger partial charge in [-0.3, -0.25) is 9.69 Å². The Hall–Kier alpha value is -2.40. The monoisotopic (exact) mass is 354 g/mol. The molecule has 0 bridgehead atoms. The summed E-state index contributed by atoms with van der Waals surface area (Å²) < 4.78 is 18.9. The Morgan fingerprint density at radius 2 is 1.85 bits per heavy atom. The smallest absolute Gasteiger partial charge is 0.254 e. The fourth-order valence-corrected chi connectivity index (χ4v) is 3.75. The summed E-state index contributed by atoms with van der Waals surface area (Å²) in [6.07, 6.45) is 2.00. The van der Waals surface area contributed by atoms with Gasteiger partial charge in [-0.05, 0) is 48.7 Å². The van der Waals surface area contributed by atoms with Crippen LogP contribution in [-0.2, 0) is 6.42 Å². The van der Waals surface area contributed by atoms with E-state index in [2.05, 4.69) is 4.90 Å². The molecule has 4 nitrogen and oxygen atoms in total. The third kappa shape index (κ3) is 3.73. The minimum absolute atomic E-state index is 0.123. The standard InChI is InChI=1S/C21H23FN2O2/c22-17-5-7-18(8-6-17)26-19-10-11-23(15-19)13-14-24-12-9-16-3-1-2-4-20(16)21(24)25/h1-8,19H,9-15H2. The highest BCUT2D eigenvalue weighted by Crippen LogP contribution is 2.20. The van der Waals surface area contributed by atoms with E-state index < -0.39 is 0 Å². The summed E-state index contributed by atoms with van der Waals surface area (Å²) in [7, 11) is 0. The van der Waals surface area contributed by atoms with Crippen molar-refractivity contribution in [3.05, 3.63) is 65.5 Å². The fraction of sp³-hybridized carbons (Fsp3) is 0.381. The van der Waals surface area contributed by atoms with E-state index >= 15 is 0 Å². The van der Waals surface area contributed by atoms with Crippen LogP contribution in [0.2, 0.25) is 0 Å². The van der Waals surface area contributed by atoms with Crippen LogP contribution >= 0.6 is 0 Å². The molecule has 4 rings (SSSR count). The SMILES string of the molecule is O=C1c2ccccc2CCN1CCN1CCC(Oc2ccc(F)cc2)C1. The van der Waals surface area contributed by atoms with Gasteiger partial charge >= 0.3 is 0 Å². The largest absolute Gasteiger partial charge is 0.489 e. The summed E-state index contributed by atoms with van der Waals surface area (Å²) in [4.78, 5) is 16.9. The van der Waals surface area contributed by atoms with E-state index in [1.807, 2.05) is 29.2 Å². The van der Waals surface area contributed by atoms with Gasteiger partial charge in [0.1, 0.15) is 17.7 Å². The van der Waals surface area contributed by atoms with E-state index in [1.54, 1.807) is 12.1 Å². The van der Waals surface area contributed by atoms with Crippen molar-refractivity contribution in [1.82, 2.24) is 9.80 Å². The highest BCUT2D eigenvalue weighted by Gasteiger charge is 2.27. The zero-order valence-electron chi connectivity index (χ0n) is 14.7. The zero-order valence-corrected chi connectivity index (χ0v) is 14.7. The Balaban J connectivity index is 1.27. The molecule has 2 aliphatic heterocycles. The van der Waals surface area contributed by atoms with E-state index in [-0.39, 0.29) is 17.8 Å². The summed E-state index contributed by atoms with van der Waals surface area (Å²) in [6, 6.07) is 14.1. The summed E-state index contributed by atoms with van der Waals surface area (Å²) >= 11 is 0. The van der Waals surface area contributed by atoms with Gasteiger partial charge in [0, 0.05) is 38.3 Å². The van der Waals surface area contributed by atoms with Crippen molar-refractivity contribution in [2.75, 3.05) is 32.7 Å². The number of carbonyl (C=O) groups is 1. The van der Waals surface area contributed by atoms with Crippen LogP contribution in [0.1, 0.15) is 22.3 Å². The van der Waals surface area contributed by atoms with Gasteiger partial charge in [-0.25, -0.2) is 4.39 Å². The predicted octanol–water partition coefficient (Wildman–Crippen LogP) is 2.98. The van der Waals surface area contributed by atoms with Crippen LogP contribution in [0.5, 0.6) is 5.75 Å². The Bertz CT molecular complexity index is 778. The second-order valence-corrected chi connectivity index (χ2v) is 6.98. The fourth-order valence-electron chi connectivity index (χ4n) is 3.75. The molecule has 5 heteroatoms. The van der Waals surface area contributed by atoms with Crippen LogP contribution in [-0.4, -0.2) is 54.5 Å². The van der Waals surface area contributed by atoms with Gasteiger partial charge in [0.25, 0.3) is 5.91 Å². The second kappa shape index (κ2) is 7.46. The first-order chi connectivity index (χ1) is 12.7. The molecule has 1 unspecified atom stereocenters. The average Bonchev–Trinajstić information content (AvgIpc) is 3.11. The van der Waals surface area contributed by atoms with Crippen molar-refractivity contribution in [3.63, 3.8) is 0 Å². The topological polar surface area (TPSA) is 32.8 Å². The lowest BCUT2D eigenvalue weighted by Gasteiger charge is -2.30. The van der Waals surface area contributed by atoms with Crippen molar-refractivity contribution in [3.8, 4) is 5.75 Å². The molecule has 1 amide bonds. The molecular formula is C21H23FN2O2. The maximum Gasteiger partial charge on any atom is 0.254 e. The molecule has 1 fully saturated rings. The van der Waals surface area contributed by atoms with Gasteiger partial charge in [-0.1, -0.05) is 18.2 Å². The molecular weight excluding hydrogens is 331 g/mol. The van der Waals surface area contributed by atoms with Crippen LogP contribution in [0.4, 0.5) is 4.39 Å². The lowest BCUT2D eigenvalue weighted by molar-refractivity contribution is 0.0722. The van der Waals surface area contributed by atoms with E-state index in [1.165, 1.54) is 12.1 Å². The molecule has 2 aliphatic rings. The third-order valence-corrected chi connectivity index (χ3v) is 5.22. The van der Waals surface area contributed by atoms with E-state index in [9.17, 15) is 9.18 Å². The number of halogens is 1. The Kier molecular flexibility index (Phi) is 4.89. The maximum atomic E-state index is 13.0. The van der Waals surface area contributed by atoms with Crippen molar-refractivity contribution in [1.29, 1.82) is 0 Å². The molecule has 136 valence electrons. The first-order valence-electron chi connectivity index (χ1n) is 9.21. The van der Waals surface area contributed by atoms with Gasteiger partial charge in [0.05, 0.1) is 0 Å². The summed E-state index contributed by atoms with van der Waals surface area (Å²) in [6.45, 7) is 4.20. The van der Waals surface area contributed by atoms with E-state index in [0.717, 1.165) is 56.7 Å². The van der Waals surface area contributed by atoms with Gasteiger partial charge in [-0.15, -0.1) is 0 Å². The molecule has 0 aromatic heterocycles. The summed E-state index contributed by atoms with van der Waals surface area (Å²) in [5.41, 5.74) is 2.00. The molecule has 0 aliphatic carbocycles. The van der Waals surface area contributed by atoms with Crippen LogP contribution in [0, 0.1) is 5.82 Å². The molecule has 0 spiro atoms. The van der Waals surface area contributed by atoms with Crippen LogP contribution in [0.25, 0.3) is 0 Å². The van der Waals surface area contributed by atoms with Crippen LogP contribution in [0.15, 0.2) is 48.5 Å². The molecule has 2 aromatic carbocycles. The molecule has 1 atom stereocenters. The van der Waals surface area contributed by atoms with Crippen molar-refractivity contribution in [2.24, 2.45) is 0 Å². The molecule has 1 saturated heterocycles. The molecule has 26 heavy (non-hydrogen) atoms. The third-order valence-electron chi connectivity index (χ3n) is 5.22. The molecule has 2 heterocycles. The second-order valence-electron chi connectivity index (χ2n) is 6.98. The Morgan fingerprint density at radius 1 is 1.04 bits per heavy atom. The number of rotatable bonds is 5. The molecule has 0 N–H and O–H groups in total. The average molecular weight is 354 g/mol. The highest BCUT2D eigenvalue weighted by molar-refractivity contribution is 5.96. The number of nitrogens with zero attached hydrogens (tertiary/aromatic N) is 2. The Labute approximate surface area is 153 Å². The number of amides is 1. The van der Waals surface area contributed by atoms with Gasteiger partial charge in [0.15, 0.2) is 0 Å². The first kappa shape index (κ1) is 17.0. The predicted molar refractivity (Wildman–Crippen MR) is 97.9 cm³/mol. The van der Waals surface area contributed by atoms with Crippen molar-refractivity contribution in [2.45, 2.75) is 18.9 Å². The number of benzene rings is 2. The van der Waals surface area contributed by atoms with Crippen molar-refractivity contribution < 1.29 is 13.9 Å². The summed E-state index contributed by atoms with van der Waals surface area (Å²) in [5, 5.41) is 0. The lowest BCUT2D eigenvalue weighted by atomic mass is 9.99. The minimum atomic E-state index is -0.252. The van der Waals surface area contributed by atoms with E-state index in [4.69, 9.17) is 4.74 Å². The van der Waals surface area contributed by atoms with Crippen LogP contribution in [0.3, 0.4) is 0 Å². The quantitative estimate of drug-likeness (QED) is 0.828. The molecule has 0 saturated carbocycles. The van der Waals surface area contributed by atoms with Crippen molar-refractivity contribution >= 4 is 5.91 Å². The van der Waals surface area contributed by atoms with E-state index in [0.29, 0.717) is 5.75 Å². The molecule has 2 aromatic rings. The zero-order chi connectivity index (χ0) is 17.9. The highest BCUT2D eigenvalue weighted by atomic mass is 19.1. The normalized spacial score (nSPS) is 20.3. The lowest BCUT2D eigenvalue weighted by Crippen LogP contribution is -2.42. The first-order valence-corrected chi connectivity index (χ1v) is 9.21. The number of ether oxygens (including phenoxy) is 1. The minimum Gasteiger partial charge on any atom is -0.489 e. The van der Waals surface area contributed by atoms with Gasteiger partial charge in [-0.2, -0.15) is 0 Å². The maximum absolute atomic E-state index is 13.0. The number of carbonyl (C=O) groups excluding carboxylic acids is 1. The van der Waals surface area contributed by atoms with Crippen LogP contribution < -0.4 is 4.74 Å². The summed E-state index contributed by atoms with van der Waals surface area (Å²) in [5.74, 6) is 0.601. The molecule has 0 radical (unpaired) electrons.